The molecule has 0 aromatic heterocycles. The fourth-order valence-electron chi connectivity index (χ4n) is 7.52. The summed E-state index contributed by atoms with van der Waals surface area (Å²) in [5.41, 5.74) is -1.07. The SMILES string of the molecule is CCN(Cc1cc(O)c2c(c1C(F)(F)F)CC1C[C@H]3CC(=O)C(C(N)=O)=C(O)[C@@]3(O)C(=O)C1=C2O)CC1CCCCC1. The first-order chi connectivity index (χ1) is 19.7. The van der Waals surface area contributed by atoms with Gasteiger partial charge in [-0.2, -0.15) is 13.2 Å². The number of hydrogen-bond acceptors (Lipinski definition) is 8. The predicted octanol–water partition coefficient (Wildman–Crippen LogP) is 3.84. The van der Waals surface area contributed by atoms with E-state index in [0.717, 1.165) is 38.2 Å². The van der Waals surface area contributed by atoms with Gasteiger partial charge in [0.15, 0.2) is 11.4 Å². The summed E-state index contributed by atoms with van der Waals surface area (Å²) in [6, 6.07) is 0.967. The molecule has 4 aliphatic carbocycles. The smallest absolute Gasteiger partial charge is 0.417 e. The number of ketones is 2. The molecule has 2 fully saturated rings. The number of Topliss-reactive ketones (excluding diaryl/α,β-unsaturated/α-hetero) is 2. The van der Waals surface area contributed by atoms with E-state index in [-0.39, 0.29) is 24.1 Å². The van der Waals surface area contributed by atoms with Crippen molar-refractivity contribution in [1.82, 2.24) is 4.90 Å². The largest absolute Gasteiger partial charge is 0.508 e. The fourth-order valence-corrected chi connectivity index (χ4v) is 7.52. The van der Waals surface area contributed by atoms with Crippen LogP contribution < -0.4 is 5.73 Å². The second-order valence-corrected chi connectivity index (χ2v) is 12.0. The highest BCUT2D eigenvalue weighted by Crippen LogP contribution is 2.54. The fraction of sp³-hybridized carbons (Fsp3) is 0.567. The lowest BCUT2D eigenvalue weighted by Crippen LogP contribution is -2.58. The Morgan fingerprint density at radius 1 is 1.12 bits per heavy atom. The summed E-state index contributed by atoms with van der Waals surface area (Å²) < 4.78 is 44.2. The third-order valence-corrected chi connectivity index (χ3v) is 9.51. The molecule has 1 amide bonds. The van der Waals surface area contributed by atoms with Gasteiger partial charge in [0.05, 0.1) is 11.1 Å². The Balaban J connectivity index is 1.60. The van der Waals surface area contributed by atoms with Gasteiger partial charge in [-0.25, -0.2) is 0 Å². The number of phenols is 1. The average Bonchev–Trinajstić information content (AvgIpc) is 2.89. The number of phenolic OH excluding ortho intramolecular Hbond substituents is 1. The zero-order valence-electron chi connectivity index (χ0n) is 23.3. The van der Waals surface area contributed by atoms with E-state index in [4.69, 9.17) is 5.73 Å². The Kier molecular flexibility index (Phi) is 7.68. The van der Waals surface area contributed by atoms with E-state index in [1.807, 2.05) is 11.8 Å². The van der Waals surface area contributed by atoms with Crippen molar-refractivity contribution in [3.8, 4) is 5.75 Å². The molecule has 3 atom stereocenters. The van der Waals surface area contributed by atoms with Crippen molar-refractivity contribution in [2.45, 2.75) is 76.6 Å². The highest BCUT2D eigenvalue weighted by molar-refractivity contribution is 6.22. The van der Waals surface area contributed by atoms with Gasteiger partial charge in [0, 0.05) is 31.0 Å². The summed E-state index contributed by atoms with van der Waals surface area (Å²) in [5, 5.41) is 44.1. The number of benzene rings is 1. The molecule has 0 spiro atoms. The molecule has 228 valence electrons. The van der Waals surface area contributed by atoms with Crippen LogP contribution in [0.5, 0.6) is 5.75 Å². The Labute approximate surface area is 240 Å². The van der Waals surface area contributed by atoms with E-state index in [0.29, 0.717) is 19.0 Å². The number of nitrogens with two attached hydrogens (primary N) is 1. The number of aliphatic hydroxyl groups is 3. The first-order valence-electron chi connectivity index (χ1n) is 14.3. The molecule has 0 aliphatic heterocycles. The summed E-state index contributed by atoms with van der Waals surface area (Å²) in [5.74, 6) is -8.26. The second-order valence-electron chi connectivity index (χ2n) is 12.0. The minimum Gasteiger partial charge on any atom is -0.508 e. The number of fused-ring (bicyclic) bond motifs is 3. The molecule has 0 saturated heterocycles. The maximum absolute atomic E-state index is 14.7. The van der Waals surface area contributed by atoms with Gasteiger partial charge in [-0.05, 0) is 61.3 Å². The van der Waals surface area contributed by atoms with Crippen molar-refractivity contribution >= 4 is 23.2 Å². The molecular formula is C30H35F3N2O7. The van der Waals surface area contributed by atoms with Crippen LogP contribution in [0.1, 0.15) is 74.1 Å². The number of hydrogen-bond donors (Lipinski definition) is 5. The first-order valence-corrected chi connectivity index (χ1v) is 14.3. The molecule has 6 N–H and O–H groups in total. The summed E-state index contributed by atoms with van der Waals surface area (Å²) in [4.78, 5) is 39.9. The lowest BCUT2D eigenvalue weighted by atomic mass is 9.59. The molecule has 1 unspecified atom stereocenters. The number of rotatable bonds is 6. The molecule has 4 aliphatic rings. The molecule has 42 heavy (non-hydrogen) atoms. The predicted molar refractivity (Wildman–Crippen MR) is 144 cm³/mol. The van der Waals surface area contributed by atoms with E-state index < -0.39 is 93.5 Å². The standard InChI is InChI=1S/C30H35F3N2O7/c1-2-35(12-14-6-4-3-5-7-14)13-16-10-19(36)22-18(24(16)30(31,32)33)9-15-8-17-11-20(37)23(28(34)41)27(40)29(17,42)26(39)21(15)25(22)38/h10,14-15,17,36,38,40,42H,2-9,11-13H2,1H3,(H2,34,41)/t15?,17-,29-/m0/s1. The second kappa shape index (κ2) is 10.7. The van der Waals surface area contributed by atoms with Crippen molar-refractivity contribution in [2.24, 2.45) is 23.5 Å². The summed E-state index contributed by atoms with van der Waals surface area (Å²) in [6.07, 6.45) is -0.706. The highest BCUT2D eigenvalue weighted by Gasteiger charge is 2.60. The van der Waals surface area contributed by atoms with Gasteiger partial charge in [0.25, 0.3) is 5.91 Å². The number of alkyl halides is 3. The Hall–Kier alpha value is -3.38. The van der Waals surface area contributed by atoms with Crippen LogP contribution in [0.4, 0.5) is 13.2 Å². The van der Waals surface area contributed by atoms with Gasteiger partial charge >= 0.3 is 6.18 Å². The van der Waals surface area contributed by atoms with Crippen molar-refractivity contribution in [3.05, 3.63) is 45.2 Å². The van der Waals surface area contributed by atoms with Gasteiger partial charge in [0.1, 0.15) is 22.8 Å². The van der Waals surface area contributed by atoms with Crippen molar-refractivity contribution in [1.29, 1.82) is 0 Å². The van der Waals surface area contributed by atoms with Gasteiger partial charge in [-0.1, -0.05) is 26.2 Å². The maximum atomic E-state index is 14.7. The molecule has 2 saturated carbocycles. The molecule has 9 nitrogen and oxygen atoms in total. The van der Waals surface area contributed by atoms with E-state index >= 15 is 0 Å². The van der Waals surface area contributed by atoms with Crippen molar-refractivity contribution < 1.29 is 48.0 Å². The number of primary amides is 1. The number of carbonyl (C=O) groups excluding carboxylic acids is 3. The van der Waals surface area contributed by atoms with Crippen molar-refractivity contribution in [3.63, 3.8) is 0 Å². The lowest BCUT2D eigenvalue weighted by Gasteiger charge is -2.46. The zero-order valence-corrected chi connectivity index (χ0v) is 23.3. The monoisotopic (exact) mass is 592 g/mol. The van der Waals surface area contributed by atoms with Gasteiger partial charge in [-0.3, -0.25) is 19.3 Å². The number of aromatic hydroxyl groups is 1. The third-order valence-electron chi connectivity index (χ3n) is 9.51. The Bertz CT molecular complexity index is 1410. The topological polar surface area (TPSA) is 161 Å². The molecule has 1 aromatic rings. The van der Waals surface area contributed by atoms with Gasteiger partial charge in [-0.15, -0.1) is 0 Å². The van der Waals surface area contributed by atoms with Gasteiger partial charge in [0.2, 0.25) is 5.78 Å². The molecule has 0 bridgehead atoms. The van der Waals surface area contributed by atoms with Crippen LogP contribution in [0, 0.1) is 17.8 Å². The van der Waals surface area contributed by atoms with E-state index in [2.05, 4.69) is 0 Å². The van der Waals surface area contributed by atoms with Crippen LogP contribution >= 0.6 is 0 Å². The van der Waals surface area contributed by atoms with Crippen molar-refractivity contribution in [2.75, 3.05) is 13.1 Å². The minimum absolute atomic E-state index is 0.0744. The molecule has 1 aromatic carbocycles. The van der Waals surface area contributed by atoms with Crippen LogP contribution in [0.3, 0.4) is 0 Å². The number of aliphatic hydroxyl groups excluding tert-OH is 2. The number of carbonyl (C=O) groups is 3. The Morgan fingerprint density at radius 2 is 1.79 bits per heavy atom. The molecule has 0 heterocycles. The third kappa shape index (κ3) is 4.78. The highest BCUT2D eigenvalue weighted by atomic mass is 19.4. The summed E-state index contributed by atoms with van der Waals surface area (Å²) >= 11 is 0. The maximum Gasteiger partial charge on any atom is 0.417 e. The first kappa shape index (κ1) is 30.1. The summed E-state index contributed by atoms with van der Waals surface area (Å²) in [7, 11) is 0. The lowest BCUT2D eigenvalue weighted by molar-refractivity contribution is -0.147. The van der Waals surface area contributed by atoms with Crippen LogP contribution in [-0.2, 0) is 33.5 Å². The quantitative estimate of drug-likeness (QED) is 0.311. The van der Waals surface area contributed by atoms with E-state index in [9.17, 15) is 48.0 Å². The van der Waals surface area contributed by atoms with Crippen LogP contribution in [0.2, 0.25) is 0 Å². The molecule has 12 heteroatoms. The minimum atomic E-state index is -4.85. The normalized spacial score (nSPS) is 26.8. The number of amides is 1. The van der Waals surface area contributed by atoms with Crippen LogP contribution in [0.25, 0.3) is 5.76 Å². The number of halogens is 3. The average molecular weight is 593 g/mol. The van der Waals surface area contributed by atoms with E-state index in [1.54, 1.807) is 0 Å². The molecular weight excluding hydrogens is 557 g/mol. The molecule has 0 radical (unpaired) electrons. The van der Waals surface area contributed by atoms with Gasteiger partial charge < -0.3 is 26.2 Å². The van der Waals surface area contributed by atoms with Crippen LogP contribution in [0.15, 0.2) is 23.0 Å². The summed E-state index contributed by atoms with van der Waals surface area (Å²) in [6.45, 7) is 2.91. The number of nitrogens with zero attached hydrogens (tertiary/aromatic N) is 1. The molecule has 5 rings (SSSR count). The van der Waals surface area contributed by atoms with E-state index in [1.165, 1.54) is 0 Å². The van der Waals surface area contributed by atoms with Crippen LogP contribution in [-0.4, -0.2) is 61.5 Å². The Morgan fingerprint density at radius 3 is 2.38 bits per heavy atom. The zero-order chi connectivity index (χ0) is 30.7.